The smallest absolute Gasteiger partial charge is 0.137 e. The molecule has 0 spiro atoms. The Morgan fingerprint density at radius 3 is 2.45 bits per heavy atom. The van der Waals surface area contributed by atoms with E-state index in [-0.39, 0.29) is 10.2 Å². The molecule has 0 aliphatic carbocycles. The van der Waals surface area contributed by atoms with Crippen LogP contribution in [0.15, 0.2) is 0 Å². The Morgan fingerprint density at radius 1 is 1.25 bits per heavy atom. The van der Waals surface area contributed by atoms with Crippen molar-refractivity contribution in [1.29, 1.82) is 0 Å². The van der Waals surface area contributed by atoms with Gasteiger partial charge in [-0.25, -0.2) is 9.97 Å². The molecule has 0 atom stereocenters. The standard InChI is InChI=1S/C15H24ClN3S/c1-10-11(16)17-13(14(2,3)4)18-12(10)19-7-8-20-15(5,6)9-19/h7-9H2,1-6H3. The molecule has 3 nitrogen and oxygen atoms in total. The van der Waals surface area contributed by atoms with E-state index in [0.717, 1.165) is 36.0 Å². The van der Waals surface area contributed by atoms with Crippen molar-refractivity contribution in [3.8, 4) is 0 Å². The summed E-state index contributed by atoms with van der Waals surface area (Å²) in [6.45, 7) is 15.0. The molecule has 0 unspecified atom stereocenters. The van der Waals surface area contributed by atoms with Gasteiger partial charge in [0.05, 0.1) is 0 Å². The van der Waals surface area contributed by atoms with Crippen molar-refractivity contribution in [3.63, 3.8) is 0 Å². The van der Waals surface area contributed by atoms with Crippen LogP contribution < -0.4 is 4.90 Å². The van der Waals surface area contributed by atoms with Crippen LogP contribution in [-0.2, 0) is 5.41 Å². The number of anilines is 1. The summed E-state index contributed by atoms with van der Waals surface area (Å²) in [7, 11) is 0. The molecule has 1 aliphatic heterocycles. The van der Waals surface area contributed by atoms with Gasteiger partial charge >= 0.3 is 0 Å². The maximum Gasteiger partial charge on any atom is 0.137 e. The topological polar surface area (TPSA) is 29.0 Å². The van der Waals surface area contributed by atoms with Crippen LogP contribution in [0.5, 0.6) is 0 Å². The molecule has 5 heteroatoms. The number of nitrogens with zero attached hydrogens (tertiary/aromatic N) is 3. The fourth-order valence-electron chi connectivity index (χ4n) is 2.32. The van der Waals surface area contributed by atoms with Gasteiger partial charge < -0.3 is 4.90 Å². The van der Waals surface area contributed by atoms with Gasteiger partial charge in [0.1, 0.15) is 16.8 Å². The molecule has 112 valence electrons. The molecule has 20 heavy (non-hydrogen) atoms. The Morgan fingerprint density at radius 2 is 1.90 bits per heavy atom. The fourth-order valence-corrected chi connectivity index (χ4v) is 3.59. The molecule has 0 saturated carbocycles. The first kappa shape index (κ1) is 15.9. The normalized spacial score (nSPS) is 19.2. The van der Waals surface area contributed by atoms with Gasteiger partial charge in [-0.05, 0) is 20.8 Å². The zero-order chi connectivity index (χ0) is 15.1. The summed E-state index contributed by atoms with van der Waals surface area (Å²) >= 11 is 8.35. The molecule has 0 amide bonds. The first-order valence-corrected chi connectivity index (χ1v) is 8.40. The van der Waals surface area contributed by atoms with E-state index in [1.165, 1.54) is 0 Å². The average Bonchev–Trinajstić information content (AvgIpc) is 2.29. The van der Waals surface area contributed by atoms with Gasteiger partial charge in [-0.1, -0.05) is 32.4 Å². The van der Waals surface area contributed by atoms with Gasteiger partial charge in [0.2, 0.25) is 0 Å². The number of halogens is 1. The summed E-state index contributed by atoms with van der Waals surface area (Å²) in [5.41, 5.74) is 0.897. The molecular formula is C15H24ClN3S. The van der Waals surface area contributed by atoms with Crippen molar-refractivity contribution in [2.75, 3.05) is 23.7 Å². The van der Waals surface area contributed by atoms with Crippen LogP contribution in [-0.4, -0.2) is 33.6 Å². The Labute approximate surface area is 131 Å². The minimum atomic E-state index is -0.0911. The molecule has 0 radical (unpaired) electrons. The lowest BCUT2D eigenvalue weighted by molar-refractivity contribution is 0.541. The lowest BCUT2D eigenvalue weighted by Crippen LogP contribution is -2.44. The average molecular weight is 314 g/mol. The van der Waals surface area contributed by atoms with Crippen LogP contribution in [0.4, 0.5) is 5.82 Å². The molecule has 2 rings (SSSR count). The van der Waals surface area contributed by atoms with E-state index in [1.807, 2.05) is 18.7 Å². The minimum Gasteiger partial charge on any atom is -0.354 e. The second-order valence-corrected chi connectivity index (χ2v) is 9.23. The quantitative estimate of drug-likeness (QED) is 0.731. The second-order valence-electron chi connectivity index (χ2n) is 7.07. The van der Waals surface area contributed by atoms with Crippen LogP contribution >= 0.6 is 23.4 Å². The van der Waals surface area contributed by atoms with Gasteiger partial charge in [0.15, 0.2) is 0 Å². The van der Waals surface area contributed by atoms with Gasteiger partial charge in [-0.3, -0.25) is 0 Å². The van der Waals surface area contributed by atoms with Gasteiger partial charge in [0.25, 0.3) is 0 Å². The molecule has 1 aromatic rings. The van der Waals surface area contributed by atoms with E-state index in [1.54, 1.807) is 0 Å². The molecule has 2 heterocycles. The number of hydrogen-bond donors (Lipinski definition) is 0. The number of rotatable bonds is 1. The van der Waals surface area contributed by atoms with Crippen LogP contribution in [0.3, 0.4) is 0 Å². The highest BCUT2D eigenvalue weighted by atomic mass is 35.5. The summed E-state index contributed by atoms with van der Waals surface area (Å²) < 4.78 is 0.254. The Bertz CT molecular complexity index is 509. The molecule has 0 bridgehead atoms. The minimum absolute atomic E-state index is 0.0911. The molecule has 1 aliphatic rings. The first-order valence-electron chi connectivity index (χ1n) is 7.04. The summed E-state index contributed by atoms with van der Waals surface area (Å²) in [6, 6.07) is 0. The Kier molecular flexibility index (Phi) is 4.27. The van der Waals surface area contributed by atoms with Crippen molar-refractivity contribution in [2.24, 2.45) is 0 Å². The van der Waals surface area contributed by atoms with Crippen LogP contribution in [0.1, 0.15) is 46.0 Å². The van der Waals surface area contributed by atoms with Gasteiger partial charge in [-0.15, -0.1) is 0 Å². The maximum absolute atomic E-state index is 6.33. The first-order chi connectivity index (χ1) is 9.10. The van der Waals surface area contributed by atoms with E-state index >= 15 is 0 Å². The third-order valence-corrected chi connectivity index (χ3v) is 5.12. The summed E-state index contributed by atoms with van der Waals surface area (Å²) in [6.07, 6.45) is 0. The SMILES string of the molecule is Cc1c(Cl)nc(C(C)(C)C)nc1N1CCSC(C)(C)C1. The predicted octanol–water partition coefficient (Wildman–Crippen LogP) is 4.07. The second kappa shape index (κ2) is 5.38. The van der Waals surface area contributed by atoms with Gasteiger partial charge in [0, 0.05) is 34.6 Å². The Hall–Kier alpha value is -0.480. The van der Waals surface area contributed by atoms with Crippen LogP contribution in [0.25, 0.3) is 0 Å². The highest BCUT2D eigenvalue weighted by Crippen LogP contribution is 2.34. The number of thioether (sulfide) groups is 1. The van der Waals surface area contributed by atoms with Crippen LogP contribution in [0, 0.1) is 6.92 Å². The largest absolute Gasteiger partial charge is 0.354 e. The summed E-state index contributed by atoms with van der Waals surface area (Å²) in [5, 5.41) is 0.580. The zero-order valence-electron chi connectivity index (χ0n) is 13.2. The monoisotopic (exact) mass is 313 g/mol. The lowest BCUT2D eigenvalue weighted by atomic mass is 9.95. The predicted molar refractivity (Wildman–Crippen MR) is 89.2 cm³/mol. The van der Waals surface area contributed by atoms with E-state index in [9.17, 15) is 0 Å². The van der Waals surface area contributed by atoms with Crippen molar-refractivity contribution < 1.29 is 0 Å². The number of aromatic nitrogens is 2. The molecular weight excluding hydrogens is 290 g/mol. The van der Waals surface area contributed by atoms with Crippen molar-refractivity contribution in [1.82, 2.24) is 9.97 Å². The maximum atomic E-state index is 6.33. The third kappa shape index (κ3) is 3.40. The van der Waals surface area contributed by atoms with Crippen molar-refractivity contribution in [3.05, 3.63) is 16.5 Å². The third-order valence-electron chi connectivity index (χ3n) is 3.46. The molecule has 0 aromatic carbocycles. The van der Waals surface area contributed by atoms with Crippen molar-refractivity contribution in [2.45, 2.75) is 51.7 Å². The van der Waals surface area contributed by atoms with E-state index in [4.69, 9.17) is 16.6 Å². The molecule has 1 saturated heterocycles. The number of hydrogen-bond acceptors (Lipinski definition) is 4. The Balaban J connectivity index is 2.43. The molecule has 1 fully saturated rings. The van der Waals surface area contributed by atoms with Crippen molar-refractivity contribution >= 4 is 29.2 Å². The van der Waals surface area contributed by atoms with E-state index < -0.39 is 0 Å². The fraction of sp³-hybridized carbons (Fsp3) is 0.733. The van der Waals surface area contributed by atoms with E-state index in [2.05, 4.69) is 44.5 Å². The van der Waals surface area contributed by atoms with Crippen LogP contribution in [0.2, 0.25) is 5.15 Å². The van der Waals surface area contributed by atoms with E-state index in [0.29, 0.717) is 5.15 Å². The summed E-state index contributed by atoms with van der Waals surface area (Å²) in [5.74, 6) is 2.95. The zero-order valence-corrected chi connectivity index (χ0v) is 14.8. The summed E-state index contributed by atoms with van der Waals surface area (Å²) in [4.78, 5) is 11.6. The van der Waals surface area contributed by atoms with Gasteiger partial charge in [-0.2, -0.15) is 11.8 Å². The highest BCUT2D eigenvalue weighted by molar-refractivity contribution is 8.00. The molecule has 0 N–H and O–H groups in total. The lowest BCUT2D eigenvalue weighted by Gasteiger charge is -2.39. The molecule has 1 aromatic heterocycles. The highest BCUT2D eigenvalue weighted by Gasteiger charge is 2.30.